The third-order valence-corrected chi connectivity index (χ3v) is 3.53. The maximum absolute atomic E-state index is 11.0. The van der Waals surface area contributed by atoms with Crippen molar-refractivity contribution in [2.75, 3.05) is 0 Å². The second kappa shape index (κ2) is 5.44. The Morgan fingerprint density at radius 3 is 2.77 bits per heavy atom. The van der Waals surface area contributed by atoms with Gasteiger partial charge in [0, 0.05) is 35.8 Å². The number of benzene rings is 2. The van der Waals surface area contributed by atoms with Crippen LogP contribution in [0.25, 0.3) is 10.9 Å². The number of aromatic hydroxyl groups is 1. The van der Waals surface area contributed by atoms with Crippen LogP contribution in [-0.4, -0.2) is 20.7 Å². The zero-order chi connectivity index (χ0) is 15.7. The summed E-state index contributed by atoms with van der Waals surface area (Å²) in [6.45, 7) is 0.340. The number of carbonyl (C=O) groups is 1. The number of hydrogen-bond acceptors (Lipinski definition) is 3. The van der Waals surface area contributed by atoms with Gasteiger partial charge in [-0.3, -0.25) is 0 Å². The molecule has 1 heterocycles. The Bertz CT molecular complexity index is 851. The van der Waals surface area contributed by atoms with Crippen molar-refractivity contribution in [3.63, 3.8) is 0 Å². The highest BCUT2D eigenvalue weighted by Crippen LogP contribution is 2.24. The fourth-order valence-electron chi connectivity index (χ4n) is 2.45. The molecule has 0 aliphatic carbocycles. The van der Waals surface area contributed by atoms with Crippen molar-refractivity contribution in [2.24, 2.45) is 7.05 Å². The number of aromatic nitrogens is 1. The van der Waals surface area contributed by atoms with Crippen molar-refractivity contribution in [2.45, 2.75) is 6.61 Å². The largest absolute Gasteiger partial charge is 0.508 e. The average Bonchev–Trinajstić information content (AvgIpc) is 2.81. The van der Waals surface area contributed by atoms with Gasteiger partial charge in [0.1, 0.15) is 18.1 Å². The summed E-state index contributed by atoms with van der Waals surface area (Å²) < 4.78 is 7.56. The number of carboxylic acid groups (broad SMARTS) is 1. The van der Waals surface area contributed by atoms with Crippen LogP contribution in [0.3, 0.4) is 0 Å². The number of carboxylic acids is 1. The zero-order valence-electron chi connectivity index (χ0n) is 12.0. The van der Waals surface area contributed by atoms with Crippen molar-refractivity contribution in [1.29, 1.82) is 0 Å². The molecule has 0 amide bonds. The highest BCUT2D eigenvalue weighted by Gasteiger charge is 2.11. The van der Waals surface area contributed by atoms with E-state index in [4.69, 9.17) is 9.84 Å². The van der Waals surface area contributed by atoms with Gasteiger partial charge >= 0.3 is 5.97 Å². The highest BCUT2D eigenvalue weighted by molar-refractivity contribution is 5.94. The van der Waals surface area contributed by atoms with Crippen LogP contribution >= 0.6 is 0 Å². The molecule has 1 aromatic heterocycles. The molecule has 0 aliphatic rings. The Morgan fingerprint density at radius 2 is 2.05 bits per heavy atom. The number of phenolic OH excluding ortho intramolecular Hbond substituents is 1. The lowest BCUT2D eigenvalue weighted by Crippen LogP contribution is -1.96. The molecule has 5 heteroatoms. The molecule has 0 radical (unpaired) electrons. The molecular weight excluding hydrogens is 282 g/mol. The number of rotatable bonds is 4. The summed E-state index contributed by atoms with van der Waals surface area (Å²) in [5, 5.41) is 19.4. The maximum atomic E-state index is 11.0. The number of aryl methyl sites for hydroxylation is 1. The Hall–Kier alpha value is -2.95. The molecule has 0 saturated carbocycles. The molecular formula is C17H15NO4. The lowest BCUT2D eigenvalue weighted by Gasteiger charge is -2.05. The minimum absolute atomic E-state index is 0.154. The van der Waals surface area contributed by atoms with E-state index < -0.39 is 5.97 Å². The van der Waals surface area contributed by atoms with Crippen molar-refractivity contribution >= 4 is 16.9 Å². The summed E-state index contributed by atoms with van der Waals surface area (Å²) in [6.07, 6.45) is 1.92. The molecule has 5 nitrogen and oxygen atoms in total. The summed E-state index contributed by atoms with van der Waals surface area (Å²) in [7, 11) is 1.87. The number of ether oxygens (including phenoxy) is 1. The van der Waals surface area contributed by atoms with Crippen molar-refractivity contribution < 1.29 is 19.7 Å². The monoisotopic (exact) mass is 297 g/mol. The molecule has 2 aromatic carbocycles. The van der Waals surface area contributed by atoms with E-state index in [-0.39, 0.29) is 11.3 Å². The number of fused-ring (bicyclic) bond motifs is 1. The quantitative estimate of drug-likeness (QED) is 0.776. The van der Waals surface area contributed by atoms with Gasteiger partial charge < -0.3 is 19.5 Å². The van der Waals surface area contributed by atoms with E-state index in [1.165, 1.54) is 0 Å². The predicted octanol–water partition coefficient (Wildman–Crippen LogP) is 3.16. The molecule has 0 saturated heterocycles. The Labute approximate surface area is 127 Å². The summed E-state index contributed by atoms with van der Waals surface area (Å²) >= 11 is 0. The molecule has 0 atom stereocenters. The van der Waals surface area contributed by atoms with Crippen LogP contribution in [0.1, 0.15) is 15.9 Å². The summed E-state index contributed by atoms with van der Waals surface area (Å²) in [5.74, 6) is -0.207. The summed E-state index contributed by atoms with van der Waals surface area (Å²) in [6, 6.07) is 11.6. The van der Waals surface area contributed by atoms with Gasteiger partial charge in [0.2, 0.25) is 0 Å². The lowest BCUT2D eigenvalue weighted by atomic mass is 10.1. The van der Waals surface area contributed by atoms with Crippen LogP contribution in [0.2, 0.25) is 0 Å². The fourth-order valence-corrected chi connectivity index (χ4v) is 2.45. The molecule has 0 spiro atoms. The van der Waals surface area contributed by atoms with Gasteiger partial charge in [-0.2, -0.15) is 0 Å². The van der Waals surface area contributed by atoms with E-state index in [1.54, 1.807) is 42.5 Å². The number of hydrogen-bond donors (Lipinski definition) is 2. The van der Waals surface area contributed by atoms with Gasteiger partial charge in [-0.15, -0.1) is 0 Å². The Kier molecular flexibility index (Phi) is 3.47. The van der Waals surface area contributed by atoms with E-state index in [2.05, 4.69) is 0 Å². The minimum atomic E-state index is -0.944. The summed E-state index contributed by atoms with van der Waals surface area (Å²) in [5.41, 5.74) is 2.06. The molecule has 0 fully saturated rings. The topological polar surface area (TPSA) is 71.7 Å². The molecule has 3 aromatic rings. The number of nitrogens with zero attached hydrogens (tertiary/aromatic N) is 1. The minimum Gasteiger partial charge on any atom is -0.508 e. The number of aromatic carboxylic acids is 1. The van der Waals surface area contributed by atoms with Gasteiger partial charge in [-0.05, 0) is 24.3 Å². The summed E-state index contributed by atoms with van der Waals surface area (Å²) in [4.78, 5) is 11.0. The second-order valence-electron chi connectivity index (χ2n) is 5.09. The third kappa shape index (κ3) is 2.61. The van der Waals surface area contributed by atoms with Crippen LogP contribution in [0, 0.1) is 0 Å². The molecule has 3 rings (SSSR count). The van der Waals surface area contributed by atoms with Crippen LogP contribution < -0.4 is 4.74 Å². The van der Waals surface area contributed by atoms with Crippen LogP contribution in [0.5, 0.6) is 11.5 Å². The highest BCUT2D eigenvalue weighted by atomic mass is 16.5. The van der Waals surface area contributed by atoms with Crippen LogP contribution in [0.4, 0.5) is 0 Å². The third-order valence-electron chi connectivity index (χ3n) is 3.53. The molecule has 0 unspecified atom stereocenters. The molecule has 2 N–H and O–H groups in total. The first-order valence-electron chi connectivity index (χ1n) is 6.77. The van der Waals surface area contributed by atoms with Gasteiger partial charge in [-0.1, -0.05) is 12.1 Å². The van der Waals surface area contributed by atoms with E-state index in [9.17, 15) is 9.90 Å². The standard InChI is InChI=1S/C17H15NO4/c1-18-9-12(10-22-14-4-2-3-13(19)8-14)15-6-5-11(17(20)21)7-16(15)18/h2-9,19H,10H2,1H3,(H,20,21). The van der Waals surface area contributed by atoms with Crippen LogP contribution in [-0.2, 0) is 13.7 Å². The second-order valence-corrected chi connectivity index (χ2v) is 5.09. The molecule has 112 valence electrons. The lowest BCUT2D eigenvalue weighted by molar-refractivity contribution is 0.0697. The average molecular weight is 297 g/mol. The normalized spacial score (nSPS) is 10.8. The maximum Gasteiger partial charge on any atom is 0.335 e. The van der Waals surface area contributed by atoms with Crippen LogP contribution in [0.15, 0.2) is 48.7 Å². The van der Waals surface area contributed by atoms with E-state index >= 15 is 0 Å². The molecule has 0 bridgehead atoms. The first-order chi connectivity index (χ1) is 10.5. The van der Waals surface area contributed by atoms with Gasteiger partial charge in [0.25, 0.3) is 0 Å². The van der Waals surface area contributed by atoms with Gasteiger partial charge in [0.05, 0.1) is 5.56 Å². The fraction of sp³-hybridized carbons (Fsp3) is 0.118. The first-order valence-corrected chi connectivity index (χ1v) is 6.77. The van der Waals surface area contributed by atoms with Crippen molar-refractivity contribution in [3.05, 3.63) is 59.8 Å². The molecule has 22 heavy (non-hydrogen) atoms. The Balaban J connectivity index is 1.90. The SMILES string of the molecule is Cn1cc(COc2cccc(O)c2)c2ccc(C(=O)O)cc21. The smallest absolute Gasteiger partial charge is 0.335 e. The van der Waals surface area contributed by atoms with Gasteiger partial charge in [-0.25, -0.2) is 4.79 Å². The van der Waals surface area contributed by atoms with E-state index in [0.717, 1.165) is 16.5 Å². The van der Waals surface area contributed by atoms with E-state index in [0.29, 0.717) is 12.4 Å². The predicted molar refractivity (Wildman–Crippen MR) is 82.3 cm³/mol. The zero-order valence-corrected chi connectivity index (χ0v) is 12.0. The van der Waals surface area contributed by atoms with Gasteiger partial charge in [0.15, 0.2) is 0 Å². The molecule has 0 aliphatic heterocycles. The van der Waals surface area contributed by atoms with E-state index in [1.807, 2.05) is 17.8 Å². The first kappa shape index (κ1) is 14.0. The van der Waals surface area contributed by atoms with Crippen molar-refractivity contribution in [1.82, 2.24) is 4.57 Å². The Morgan fingerprint density at radius 1 is 1.23 bits per heavy atom. The number of phenols is 1. The van der Waals surface area contributed by atoms with Crippen molar-refractivity contribution in [3.8, 4) is 11.5 Å².